The van der Waals surface area contributed by atoms with E-state index in [4.69, 9.17) is 20.6 Å². The van der Waals surface area contributed by atoms with Crippen molar-refractivity contribution in [2.24, 2.45) is 5.73 Å². The Hall–Kier alpha value is -3.37. The number of rotatable bonds is 5. The second-order valence-corrected chi connectivity index (χ2v) is 9.39. The van der Waals surface area contributed by atoms with E-state index in [1.165, 1.54) is 11.3 Å². The van der Waals surface area contributed by atoms with Gasteiger partial charge in [0.05, 0.1) is 26.9 Å². The number of amides is 2. The highest BCUT2D eigenvalue weighted by Gasteiger charge is 2.31. The SMILES string of the molecule is Cc1nn(-c2nc3ccccc3s2)c2c1[C@H](c1ccc(OCC(N)=O)cc1)SCC(=O)N2. The molecule has 0 fully saturated rings. The van der Waals surface area contributed by atoms with E-state index in [9.17, 15) is 9.59 Å². The molecule has 2 aromatic carbocycles. The predicted octanol–water partition coefficient (Wildman–Crippen LogP) is 3.43. The Morgan fingerprint density at radius 1 is 1.25 bits per heavy atom. The molecule has 10 heteroatoms. The molecule has 4 aromatic rings. The molecule has 2 amide bonds. The lowest BCUT2D eigenvalue weighted by molar-refractivity contribution is -0.120. The fraction of sp³-hybridized carbons (Fsp3) is 0.182. The van der Waals surface area contributed by atoms with E-state index < -0.39 is 5.91 Å². The number of nitrogens with zero attached hydrogens (tertiary/aromatic N) is 3. The van der Waals surface area contributed by atoms with Crippen LogP contribution >= 0.6 is 23.1 Å². The Bertz CT molecular complexity index is 1300. The molecular weight excluding hydrogens is 446 g/mol. The van der Waals surface area contributed by atoms with E-state index in [0.717, 1.165) is 27.0 Å². The summed E-state index contributed by atoms with van der Waals surface area (Å²) in [6, 6.07) is 15.4. The Morgan fingerprint density at radius 3 is 2.78 bits per heavy atom. The number of primary amides is 1. The van der Waals surface area contributed by atoms with Crippen LogP contribution in [0.4, 0.5) is 5.82 Å². The molecule has 1 aliphatic heterocycles. The van der Waals surface area contributed by atoms with Crippen molar-refractivity contribution in [2.75, 3.05) is 17.7 Å². The first kappa shape index (κ1) is 20.5. The van der Waals surface area contributed by atoms with Crippen molar-refractivity contribution in [2.45, 2.75) is 12.2 Å². The first-order valence-corrected chi connectivity index (χ1v) is 11.7. The third-order valence-corrected chi connectivity index (χ3v) is 7.32. The van der Waals surface area contributed by atoms with Crippen molar-refractivity contribution in [3.8, 4) is 10.9 Å². The van der Waals surface area contributed by atoms with Gasteiger partial charge in [-0.05, 0) is 36.8 Å². The van der Waals surface area contributed by atoms with Crippen LogP contribution in [-0.4, -0.2) is 38.9 Å². The fourth-order valence-corrected chi connectivity index (χ4v) is 5.74. The monoisotopic (exact) mass is 465 g/mol. The van der Waals surface area contributed by atoms with Gasteiger partial charge in [0.1, 0.15) is 11.6 Å². The van der Waals surface area contributed by atoms with Gasteiger partial charge in [-0.3, -0.25) is 9.59 Å². The molecule has 3 heterocycles. The molecule has 0 saturated heterocycles. The number of carbonyl (C=O) groups is 2. The van der Waals surface area contributed by atoms with Crippen LogP contribution in [0.3, 0.4) is 0 Å². The number of aromatic nitrogens is 3. The number of fused-ring (bicyclic) bond motifs is 2. The summed E-state index contributed by atoms with van der Waals surface area (Å²) >= 11 is 3.07. The normalized spacial score (nSPS) is 15.8. The maximum absolute atomic E-state index is 12.5. The first-order valence-electron chi connectivity index (χ1n) is 9.87. The molecule has 0 radical (unpaired) electrons. The van der Waals surface area contributed by atoms with E-state index in [-0.39, 0.29) is 17.8 Å². The summed E-state index contributed by atoms with van der Waals surface area (Å²) in [4.78, 5) is 28.2. The molecule has 0 unspecified atom stereocenters. The Balaban J connectivity index is 1.55. The molecular formula is C22H19N5O3S2. The maximum Gasteiger partial charge on any atom is 0.255 e. The molecule has 2 aromatic heterocycles. The van der Waals surface area contributed by atoms with Crippen molar-refractivity contribution in [3.63, 3.8) is 0 Å². The number of ether oxygens (including phenoxy) is 1. The number of nitrogens with one attached hydrogen (secondary N) is 1. The van der Waals surface area contributed by atoms with Gasteiger partial charge in [-0.2, -0.15) is 9.78 Å². The summed E-state index contributed by atoms with van der Waals surface area (Å²) in [5, 5.41) is 8.37. The number of hydrogen-bond acceptors (Lipinski definition) is 7. The smallest absolute Gasteiger partial charge is 0.255 e. The van der Waals surface area contributed by atoms with Crippen molar-refractivity contribution < 1.29 is 14.3 Å². The predicted molar refractivity (Wildman–Crippen MR) is 126 cm³/mol. The molecule has 1 atom stereocenters. The van der Waals surface area contributed by atoms with E-state index in [0.29, 0.717) is 22.5 Å². The van der Waals surface area contributed by atoms with Crippen molar-refractivity contribution in [1.82, 2.24) is 14.8 Å². The molecule has 8 nitrogen and oxygen atoms in total. The highest BCUT2D eigenvalue weighted by Crippen LogP contribution is 2.44. The van der Waals surface area contributed by atoms with Crippen LogP contribution in [0.15, 0.2) is 48.5 Å². The summed E-state index contributed by atoms with van der Waals surface area (Å²) in [6.45, 7) is 1.77. The molecule has 1 aliphatic rings. The average Bonchev–Trinajstić information content (AvgIpc) is 3.29. The minimum atomic E-state index is -0.527. The molecule has 0 aliphatic carbocycles. The van der Waals surface area contributed by atoms with Gasteiger partial charge in [0.25, 0.3) is 5.91 Å². The molecule has 162 valence electrons. The van der Waals surface area contributed by atoms with E-state index >= 15 is 0 Å². The topological polar surface area (TPSA) is 112 Å². The van der Waals surface area contributed by atoms with Crippen LogP contribution in [-0.2, 0) is 9.59 Å². The van der Waals surface area contributed by atoms with Crippen molar-refractivity contribution in [1.29, 1.82) is 0 Å². The van der Waals surface area contributed by atoms with Gasteiger partial charge in [0.15, 0.2) is 6.61 Å². The summed E-state index contributed by atoms with van der Waals surface area (Å²) in [5.41, 5.74) is 8.82. The highest BCUT2D eigenvalue weighted by atomic mass is 32.2. The van der Waals surface area contributed by atoms with Crippen LogP contribution in [0.2, 0.25) is 0 Å². The van der Waals surface area contributed by atoms with E-state index in [1.54, 1.807) is 28.6 Å². The standard InChI is InChI=1S/C22H19N5O3S2/c1-12-19-20(13-6-8-14(9-7-13)30-10-17(23)28)31-11-18(29)25-21(19)27(26-12)22-24-15-4-2-3-5-16(15)32-22/h2-9,20H,10-11H2,1H3,(H2,23,28)(H,25,29)/t20-/m0/s1. The quantitative estimate of drug-likeness (QED) is 0.467. The summed E-state index contributed by atoms with van der Waals surface area (Å²) in [6.07, 6.45) is 0. The number of anilines is 1. The van der Waals surface area contributed by atoms with Gasteiger partial charge in [0.2, 0.25) is 11.0 Å². The number of benzene rings is 2. The maximum atomic E-state index is 12.5. The third-order valence-electron chi connectivity index (χ3n) is 5.04. The molecule has 5 rings (SSSR count). The Labute approximate surface area is 191 Å². The zero-order chi connectivity index (χ0) is 22.2. The lowest BCUT2D eigenvalue weighted by Gasteiger charge is -2.16. The minimum Gasteiger partial charge on any atom is -0.484 e. The fourth-order valence-electron chi connectivity index (χ4n) is 3.63. The Morgan fingerprint density at radius 2 is 2.03 bits per heavy atom. The summed E-state index contributed by atoms with van der Waals surface area (Å²) in [5.74, 6) is 0.916. The number of aryl methyl sites for hydroxylation is 1. The average molecular weight is 466 g/mol. The van der Waals surface area contributed by atoms with Gasteiger partial charge in [-0.1, -0.05) is 35.6 Å². The van der Waals surface area contributed by atoms with Crippen LogP contribution in [0.5, 0.6) is 5.75 Å². The van der Waals surface area contributed by atoms with Crippen LogP contribution in [0.1, 0.15) is 22.1 Å². The molecule has 32 heavy (non-hydrogen) atoms. The number of thioether (sulfide) groups is 1. The first-order chi connectivity index (χ1) is 15.5. The second-order valence-electron chi connectivity index (χ2n) is 7.29. The third kappa shape index (κ3) is 3.82. The van der Waals surface area contributed by atoms with Crippen molar-refractivity contribution >= 4 is 50.9 Å². The van der Waals surface area contributed by atoms with Gasteiger partial charge in [0, 0.05) is 5.56 Å². The number of carbonyl (C=O) groups excluding carboxylic acids is 2. The number of thiazole rings is 1. The zero-order valence-electron chi connectivity index (χ0n) is 17.1. The highest BCUT2D eigenvalue weighted by molar-refractivity contribution is 8.00. The molecule has 0 bridgehead atoms. The molecule has 0 spiro atoms. The number of nitrogens with two attached hydrogens (primary N) is 1. The van der Waals surface area contributed by atoms with Gasteiger partial charge >= 0.3 is 0 Å². The second kappa shape index (κ2) is 8.29. The van der Waals surface area contributed by atoms with Crippen LogP contribution in [0.25, 0.3) is 15.3 Å². The minimum absolute atomic E-state index is 0.0811. The lowest BCUT2D eigenvalue weighted by Crippen LogP contribution is -2.19. The molecule has 0 saturated carbocycles. The van der Waals surface area contributed by atoms with Crippen molar-refractivity contribution in [3.05, 3.63) is 65.4 Å². The number of hydrogen-bond donors (Lipinski definition) is 2. The zero-order valence-corrected chi connectivity index (χ0v) is 18.7. The Kier molecular flexibility index (Phi) is 5.32. The lowest BCUT2D eigenvalue weighted by atomic mass is 10.0. The number of para-hydroxylation sites is 1. The summed E-state index contributed by atoms with van der Waals surface area (Å²) < 4.78 is 8.15. The van der Waals surface area contributed by atoms with Gasteiger partial charge in [-0.15, -0.1) is 11.8 Å². The summed E-state index contributed by atoms with van der Waals surface area (Å²) in [7, 11) is 0. The van der Waals surface area contributed by atoms with Crippen LogP contribution in [0, 0.1) is 6.92 Å². The van der Waals surface area contributed by atoms with E-state index in [1.807, 2.05) is 43.3 Å². The van der Waals surface area contributed by atoms with Gasteiger partial charge < -0.3 is 15.8 Å². The largest absolute Gasteiger partial charge is 0.484 e. The van der Waals surface area contributed by atoms with Gasteiger partial charge in [-0.25, -0.2) is 4.98 Å². The molecule has 3 N–H and O–H groups in total. The van der Waals surface area contributed by atoms with Crippen LogP contribution < -0.4 is 15.8 Å². The van der Waals surface area contributed by atoms with E-state index in [2.05, 4.69) is 5.32 Å².